The Bertz CT molecular complexity index is 1470. The Balaban J connectivity index is 1.48. The van der Waals surface area contributed by atoms with E-state index in [0.29, 0.717) is 56.2 Å². The molecule has 2 aromatic rings. The Morgan fingerprint density at radius 1 is 1.12 bits per heavy atom. The number of hydrogen-bond donors (Lipinski definition) is 1. The molecule has 2 amide bonds. The van der Waals surface area contributed by atoms with E-state index in [1.54, 1.807) is 0 Å². The Kier molecular flexibility index (Phi) is 9.68. The summed E-state index contributed by atoms with van der Waals surface area (Å²) in [5, 5.41) is 1.50. The van der Waals surface area contributed by atoms with Crippen molar-refractivity contribution in [3.63, 3.8) is 0 Å². The molecule has 2 aromatic carbocycles. The molecule has 2 aliphatic rings. The first-order valence-corrected chi connectivity index (χ1v) is 14.6. The molecule has 2 aliphatic heterocycles. The van der Waals surface area contributed by atoms with E-state index >= 15 is 0 Å². The highest BCUT2D eigenvalue weighted by atomic mass is 32.2. The fourth-order valence-electron chi connectivity index (χ4n) is 5.03. The van der Waals surface area contributed by atoms with Crippen molar-refractivity contribution >= 4 is 35.0 Å². The first-order chi connectivity index (χ1) is 20.2. The lowest BCUT2D eigenvalue weighted by molar-refractivity contribution is -0.141. The number of thioether (sulfide) groups is 1. The van der Waals surface area contributed by atoms with Gasteiger partial charge in [-0.25, -0.2) is 0 Å². The van der Waals surface area contributed by atoms with Gasteiger partial charge in [0.15, 0.2) is 0 Å². The number of ether oxygens (including phenoxy) is 4. The third-order valence-electron chi connectivity index (χ3n) is 7.59. The first-order valence-electron chi connectivity index (χ1n) is 13.8. The molecule has 1 saturated heterocycles. The SMILES string of the molecule is COC(=O)CCCCOc1c(C)c(C)c2c(c1C)CCC(C)(COc1ccc(/C=C3/SC(=O)NC3=O)cc1C(F)(F)F)O2. The van der Waals surface area contributed by atoms with Crippen LogP contribution in [0.1, 0.15) is 66.0 Å². The van der Waals surface area contributed by atoms with E-state index in [1.807, 2.05) is 27.7 Å². The molecule has 1 fully saturated rings. The van der Waals surface area contributed by atoms with Crippen molar-refractivity contribution in [1.29, 1.82) is 0 Å². The zero-order valence-electron chi connectivity index (χ0n) is 24.7. The molecule has 0 radical (unpaired) electrons. The van der Waals surface area contributed by atoms with Crippen LogP contribution in [0.2, 0.25) is 0 Å². The molecule has 8 nitrogen and oxygen atoms in total. The molecule has 1 N–H and O–H groups in total. The van der Waals surface area contributed by atoms with Gasteiger partial charge in [0.05, 0.1) is 24.2 Å². The van der Waals surface area contributed by atoms with E-state index < -0.39 is 28.5 Å². The van der Waals surface area contributed by atoms with Gasteiger partial charge in [0, 0.05) is 12.0 Å². The number of amides is 2. The summed E-state index contributed by atoms with van der Waals surface area (Å²) in [4.78, 5) is 34.6. The summed E-state index contributed by atoms with van der Waals surface area (Å²) in [5.74, 6) is 0.204. The van der Waals surface area contributed by atoms with Crippen LogP contribution in [-0.4, -0.2) is 43.0 Å². The van der Waals surface area contributed by atoms with Crippen molar-refractivity contribution in [2.75, 3.05) is 20.3 Å². The fraction of sp³-hybridized carbons (Fsp3) is 0.452. The van der Waals surface area contributed by atoms with E-state index in [4.69, 9.17) is 14.2 Å². The van der Waals surface area contributed by atoms with Crippen LogP contribution in [0.25, 0.3) is 6.08 Å². The monoisotopic (exact) mass is 621 g/mol. The van der Waals surface area contributed by atoms with Crippen molar-refractivity contribution in [3.8, 4) is 17.2 Å². The smallest absolute Gasteiger partial charge is 0.419 e. The van der Waals surface area contributed by atoms with Gasteiger partial charge in [0.25, 0.3) is 11.1 Å². The molecule has 0 aromatic heterocycles. The second-order valence-corrected chi connectivity index (χ2v) is 11.9. The summed E-state index contributed by atoms with van der Waals surface area (Å²) in [6, 6.07) is 3.51. The molecule has 43 heavy (non-hydrogen) atoms. The number of hydrogen-bond acceptors (Lipinski definition) is 8. The van der Waals surface area contributed by atoms with Crippen LogP contribution in [0.5, 0.6) is 17.2 Å². The number of benzene rings is 2. The summed E-state index contributed by atoms with van der Waals surface area (Å²) in [6.07, 6.45) is -0.660. The lowest BCUT2D eigenvalue weighted by atomic mass is 9.87. The third kappa shape index (κ3) is 7.46. The molecule has 1 unspecified atom stereocenters. The lowest BCUT2D eigenvalue weighted by Gasteiger charge is -2.38. The number of fused-ring (bicyclic) bond motifs is 1. The summed E-state index contributed by atoms with van der Waals surface area (Å²) in [7, 11) is 1.36. The number of methoxy groups -OCH3 is 1. The molecule has 0 bridgehead atoms. The molecule has 0 saturated carbocycles. The van der Waals surface area contributed by atoms with Crippen molar-refractivity contribution in [2.45, 2.75) is 71.6 Å². The average Bonchev–Trinajstić information content (AvgIpc) is 3.27. The van der Waals surface area contributed by atoms with Gasteiger partial charge in [-0.05, 0) is 106 Å². The summed E-state index contributed by atoms with van der Waals surface area (Å²) >= 11 is 0.629. The molecule has 12 heteroatoms. The van der Waals surface area contributed by atoms with E-state index in [-0.39, 0.29) is 28.8 Å². The molecular weight excluding hydrogens is 587 g/mol. The standard InChI is InChI=1S/C31H34F3NO7S/c1-17-18(2)27-21(19(3)26(17)40-13-7-6-8-25(36)39-5)11-12-30(4,42-27)16-41-23-10-9-20(14-22(23)31(32,33)34)15-24-28(37)35-29(38)43-24/h9-10,14-15H,6-8,11-13,16H2,1-5H3,(H,35,37,38)/b24-15+. The quantitative estimate of drug-likeness (QED) is 0.175. The number of esters is 1. The van der Waals surface area contributed by atoms with Gasteiger partial charge in [-0.3, -0.25) is 19.7 Å². The van der Waals surface area contributed by atoms with Crippen molar-refractivity contribution in [3.05, 3.63) is 56.5 Å². The second kappa shape index (κ2) is 12.9. The van der Waals surface area contributed by atoms with Crippen LogP contribution in [-0.2, 0) is 26.9 Å². The summed E-state index contributed by atoms with van der Waals surface area (Å²) in [5.41, 5.74) is 1.97. The van der Waals surface area contributed by atoms with Gasteiger partial charge >= 0.3 is 12.1 Å². The van der Waals surface area contributed by atoms with Crippen LogP contribution in [0.3, 0.4) is 0 Å². The van der Waals surface area contributed by atoms with Crippen molar-refractivity contribution in [1.82, 2.24) is 5.32 Å². The number of imide groups is 1. The minimum absolute atomic E-state index is 0.0154. The molecule has 2 heterocycles. The highest BCUT2D eigenvalue weighted by Gasteiger charge is 2.38. The van der Waals surface area contributed by atoms with Crippen molar-refractivity contribution in [2.24, 2.45) is 0 Å². The Labute approximate surface area is 252 Å². The predicted molar refractivity (Wildman–Crippen MR) is 155 cm³/mol. The maximum absolute atomic E-state index is 14.0. The van der Waals surface area contributed by atoms with Crippen LogP contribution in [0.4, 0.5) is 18.0 Å². The summed E-state index contributed by atoms with van der Waals surface area (Å²) < 4.78 is 65.0. The zero-order valence-corrected chi connectivity index (χ0v) is 25.5. The number of carbonyl (C=O) groups excluding carboxylic acids is 3. The number of rotatable bonds is 10. The van der Waals surface area contributed by atoms with E-state index in [0.717, 1.165) is 34.1 Å². The number of alkyl halides is 3. The maximum atomic E-state index is 14.0. The lowest BCUT2D eigenvalue weighted by Crippen LogP contribution is -2.42. The van der Waals surface area contributed by atoms with E-state index in [9.17, 15) is 27.6 Å². The minimum Gasteiger partial charge on any atom is -0.493 e. The number of carbonyl (C=O) groups is 3. The highest BCUT2D eigenvalue weighted by Crippen LogP contribution is 2.44. The average molecular weight is 622 g/mol. The van der Waals surface area contributed by atoms with E-state index in [2.05, 4.69) is 10.1 Å². The van der Waals surface area contributed by atoms with Gasteiger partial charge in [-0.2, -0.15) is 13.2 Å². The van der Waals surface area contributed by atoms with Crippen molar-refractivity contribution < 1.29 is 46.5 Å². The predicted octanol–water partition coefficient (Wildman–Crippen LogP) is 6.84. The normalized spacial score (nSPS) is 19.1. The maximum Gasteiger partial charge on any atom is 0.419 e. The molecule has 4 rings (SSSR count). The third-order valence-corrected chi connectivity index (χ3v) is 8.41. The topological polar surface area (TPSA) is 100 Å². The van der Waals surface area contributed by atoms with Gasteiger partial charge in [0.2, 0.25) is 0 Å². The van der Waals surface area contributed by atoms with Crippen LogP contribution in [0, 0.1) is 20.8 Å². The molecule has 0 spiro atoms. The van der Waals surface area contributed by atoms with Gasteiger partial charge in [0.1, 0.15) is 29.5 Å². The minimum atomic E-state index is -4.72. The fourth-order valence-corrected chi connectivity index (χ4v) is 5.72. The first kappa shape index (κ1) is 32.2. The van der Waals surface area contributed by atoms with Crippen LogP contribution < -0.4 is 19.5 Å². The van der Waals surface area contributed by atoms with E-state index in [1.165, 1.54) is 25.3 Å². The molecule has 232 valence electrons. The second-order valence-electron chi connectivity index (χ2n) is 10.8. The number of nitrogens with one attached hydrogen (secondary N) is 1. The Morgan fingerprint density at radius 2 is 1.86 bits per heavy atom. The molecule has 0 aliphatic carbocycles. The zero-order chi connectivity index (χ0) is 31.5. The summed E-state index contributed by atoms with van der Waals surface area (Å²) in [6.45, 7) is 7.96. The largest absolute Gasteiger partial charge is 0.493 e. The Morgan fingerprint density at radius 3 is 2.51 bits per heavy atom. The van der Waals surface area contributed by atoms with Crippen LogP contribution in [0.15, 0.2) is 23.1 Å². The molecular formula is C31H34F3NO7S. The number of unbranched alkanes of at least 4 members (excludes halogenated alkanes) is 1. The van der Waals surface area contributed by atoms with Crippen LogP contribution >= 0.6 is 11.8 Å². The highest BCUT2D eigenvalue weighted by molar-refractivity contribution is 8.18. The van der Waals surface area contributed by atoms with Gasteiger partial charge in [-0.1, -0.05) is 6.07 Å². The van der Waals surface area contributed by atoms with Gasteiger partial charge in [-0.15, -0.1) is 0 Å². The number of halogens is 3. The van der Waals surface area contributed by atoms with Gasteiger partial charge < -0.3 is 18.9 Å². The Hall–Kier alpha value is -3.67. The molecule has 1 atom stereocenters.